The molecule has 4 bridgehead atoms. The molecule has 4 fully saturated rings. The molecule has 0 aromatic carbocycles. The lowest BCUT2D eigenvalue weighted by Crippen LogP contribution is -2.51. The first-order chi connectivity index (χ1) is 5.84. The number of carbonyl (C=O) groups excluding carboxylic acids is 1. The van der Waals surface area contributed by atoms with Crippen molar-refractivity contribution < 1.29 is 9.53 Å². The zero-order chi connectivity index (χ0) is 8.13. The van der Waals surface area contributed by atoms with Crippen molar-refractivity contribution in [3.05, 3.63) is 0 Å². The van der Waals surface area contributed by atoms with Gasteiger partial charge in [-0.1, -0.05) is 0 Å². The van der Waals surface area contributed by atoms with Gasteiger partial charge in [0.05, 0.1) is 6.10 Å². The molecule has 1 saturated heterocycles. The van der Waals surface area contributed by atoms with E-state index < -0.39 is 0 Å². The highest BCUT2D eigenvalue weighted by molar-refractivity contribution is 5.83. The Labute approximate surface area is 72.3 Å². The molecule has 3 saturated carbocycles. The first-order valence-corrected chi connectivity index (χ1v) is 4.99. The molecule has 1 aliphatic heterocycles. The van der Waals surface area contributed by atoms with Crippen molar-refractivity contribution in [3.63, 3.8) is 0 Å². The van der Waals surface area contributed by atoms with Crippen LogP contribution in [0.1, 0.15) is 25.7 Å². The molecule has 2 heteroatoms. The second-order valence-corrected chi connectivity index (χ2v) is 4.50. The lowest BCUT2D eigenvalue weighted by molar-refractivity contribution is -0.162. The average Bonchev–Trinajstić information content (AvgIpc) is 2.13. The van der Waals surface area contributed by atoms with Crippen molar-refractivity contribution in [2.24, 2.45) is 17.8 Å². The molecule has 4 aliphatic rings. The smallest absolute Gasteiger partial charge is 0.161 e. The summed E-state index contributed by atoms with van der Waals surface area (Å²) < 4.78 is 5.55. The van der Waals surface area contributed by atoms with E-state index in [1.54, 1.807) is 0 Å². The standard InChI is InChI=1S/C10H14O2/c11-9-5-12-10-4-6-1-2-7(10)8(9)3-6/h6-8,10H,1-5H2. The van der Waals surface area contributed by atoms with Gasteiger partial charge in [-0.2, -0.15) is 0 Å². The monoisotopic (exact) mass is 166 g/mol. The molecule has 2 nitrogen and oxygen atoms in total. The van der Waals surface area contributed by atoms with Crippen molar-refractivity contribution in [2.75, 3.05) is 6.61 Å². The topological polar surface area (TPSA) is 26.3 Å². The molecule has 66 valence electrons. The number of hydrogen-bond acceptors (Lipinski definition) is 2. The van der Waals surface area contributed by atoms with Crippen LogP contribution in [0.25, 0.3) is 0 Å². The summed E-state index contributed by atoms with van der Waals surface area (Å²) in [6.45, 7) is 0.401. The van der Waals surface area contributed by atoms with Crippen LogP contribution in [-0.2, 0) is 9.53 Å². The summed E-state index contributed by atoms with van der Waals surface area (Å²) >= 11 is 0. The molecular weight excluding hydrogens is 152 g/mol. The third-order valence-corrected chi connectivity index (χ3v) is 3.91. The molecule has 0 amide bonds. The van der Waals surface area contributed by atoms with Crippen LogP contribution < -0.4 is 0 Å². The molecule has 0 spiro atoms. The van der Waals surface area contributed by atoms with E-state index in [-0.39, 0.29) is 0 Å². The van der Waals surface area contributed by atoms with Crippen LogP contribution in [0.2, 0.25) is 0 Å². The number of ketones is 1. The van der Waals surface area contributed by atoms with Crippen molar-refractivity contribution in [3.8, 4) is 0 Å². The Morgan fingerprint density at radius 3 is 2.92 bits per heavy atom. The fraction of sp³-hybridized carbons (Fsp3) is 0.900. The second-order valence-electron chi connectivity index (χ2n) is 4.50. The summed E-state index contributed by atoms with van der Waals surface area (Å²) in [5.74, 6) is 2.16. The van der Waals surface area contributed by atoms with Crippen molar-refractivity contribution in [2.45, 2.75) is 31.8 Å². The lowest BCUT2D eigenvalue weighted by atomic mass is 9.61. The molecule has 4 unspecified atom stereocenters. The molecule has 0 aromatic heterocycles. The summed E-state index contributed by atoms with van der Waals surface area (Å²) in [7, 11) is 0. The molecule has 0 N–H and O–H groups in total. The summed E-state index contributed by atoms with van der Waals surface area (Å²) in [6.07, 6.45) is 5.43. The van der Waals surface area contributed by atoms with E-state index in [1.165, 1.54) is 25.7 Å². The molecule has 1 heterocycles. The number of carbonyl (C=O) groups is 1. The minimum atomic E-state index is 0.376. The van der Waals surface area contributed by atoms with Crippen LogP contribution >= 0.6 is 0 Å². The minimum Gasteiger partial charge on any atom is -0.370 e. The highest BCUT2D eigenvalue weighted by Crippen LogP contribution is 2.48. The van der Waals surface area contributed by atoms with Gasteiger partial charge in [0.1, 0.15) is 6.61 Å². The Kier molecular flexibility index (Phi) is 1.37. The van der Waals surface area contributed by atoms with E-state index in [2.05, 4.69) is 0 Å². The predicted octanol–water partition coefficient (Wildman–Crippen LogP) is 1.39. The van der Waals surface area contributed by atoms with Gasteiger partial charge in [-0.3, -0.25) is 4.79 Å². The SMILES string of the molecule is O=C1COC2CC3CCC2C1C3. The number of fused-ring (bicyclic) bond motifs is 1. The van der Waals surface area contributed by atoms with Crippen LogP contribution in [0.4, 0.5) is 0 Å². The Bertz CT molecular complexity index is 224. The van der Waals surface area contributed by atoms with E-state index in [0.717, 1.165) is 5.92 Å². The highest BCUT2D eigenvalue weighted by atomic mass is 16.5. The maximum absolute atomic E-state index is 11.5. The normalized spacial score (nSPS) is 51.2. The van der Waals surface area contributed by atoms with Gasteiger partial charge in [-0.05, 0) is 37.5 Å². The van der Waals surface area contributed by atoms with Crippen molar-refractivity contribution in [1.82, 2.24) is 0 Å². The number of rotatable bonds is 0. The zero-order valence-electron chi connectivity index (χ0n) is 7.16. The summed E-state index contributed by atoms with van der Waals surface area (Å²) in [5.41, 5.74) is 0. The summed E-state index contributed by atoms with van der Waals surface area (Å²) in [4.78, 5) is 11.5. The maximum Gasteiger partial charge on any atom is 0.161 e. The van der Waals surface area contributed by atoms with Gasteiger partial charge in [-0.25, -0.2) is 0 Å². The predicted molar refractivity (Wildman–Crippen MR) is 43.7 cm³/mol. The van der Waals surface area contributed by atoms with Gasteiger partial charge >= 0.3 is 0 Å². The fourth-order valence-corrected chi connectivity index (χ4v) is 3.30. The molecule has 12 heavy (non-hydrogen) atoms. The number of ether oxygens (including phenoxy) is 1. The van der Waals surface area contributed by atoms with Crippen LogP contribution in [0.5, 0.6) is 0 Å². The van der Waals surface area contributed by atoms with Crippen LogP contribution in [0.3, 0.4) is 0 Å². The molecular formula is C10H14O2. The summed E-state index contributed by atoms with van der Waals surface area (Å²) in [5, 5.41) is 0. The molecule has 4 rings (SSSR count). The van der Waals surface area contributed by atoms with E-state index in [1.807, 2.05) is 0 Å². The third-order valence-electron chi connectivity index (χ3n) is 3.91. The van der Waals surface area contributed by atoms with Gasteiger partial charge in [0.15, 0.2) is 5.78 Å². The Morgan fingerprint density at radius 1 is 1.25 bits per heavy atom. The Morgan fingerprint density at radius 2 is 2.17 bits per heavy atom. The van der Waals surface area contributed by atoms with Crippen LogP contribution in [-0.4, -0.2) is 18.5 Å². The van der Waals surface area contributed by atoms with Crippen molar-refractivity contribution >= 4 is 5.78 Å². The first-order valence-electron chi connectivity index (χ1n) is 4.99. The van der Waals surface area contributed by atoms with Gasteiger partial charge in [-0.15, -0.1) is 0 Å². The third kappa shape index (κ3) is 0.817. The van der Waals surface area contributed by atoms with E-state index in [0.29, 0.717) is 30.3 Å². The van der Waals surface area contributed by atoms with E-state index >= 15 is 0 Å². The molecule has 3 aliphatic carbocycles. The van der Waals surface area contributed by atoms with Crippen LogP contribution in [0.15, 0.2) is 0 Å². The largest absolute Gasteiger partial charge is 0.370 e. The molecule has 0 radical (unpaired) electrons. The highest BCUT2D eigenvalue weighted by Gasteiger charge is 2.48. The van der Waals surface area contributed by atoms with Gasteiger partial charge in [0.25, 0.3) is 0 Å². The Balaban J connectivity index is 1.92. The fourth-order valence-electron chi connectivity index (χ4n) is 3.30. The number of hydrogen-bond donors (Lipinski definition) is 0. The van der Waals surface area contributed by atoms with Gasteiger partial charge < -0.3 is 4.74 Å². The van der Waals surface area contributed by atoms with Gasteiger partial charge in [0, 0.05) is 5.92 Å². The lowest BCUT2D eigenvalue weighted by Gasteiger charge is -2.49. The van der Waals surface area contributed by atoms with Crippen molar-refractivity contribution in [1.29, 1.82) is 0 Å². The zero-order valence-corrected chi connectivity index (χ0v) is 7.16. The molecule has 4 atom stereocenters. The minimum absolute atomic E-state index is 0.376. The van der Waals surface area contributed by atoms with Gasteiger partial charge in [0.2, 0.25) is 0 Å². The summed E-state index contributed by atoms with van der Waals surface area (Å²) in [6, 6.07) is 0. The molecule has 0 aromatic rings. The average molecular weight is 166 g/mol. The first kappa shape index (κ1) is 7.07. The quantitative estimate of drug-likeness (QED) is 0.543. The van der Waals surface area contributed by atoms with Crippen LogP contribution in [0, 0.1) is 17.8 Å². The maximum atomic E-state index is 11.5. The van der Waals surface area contributed by atoms with E-state index in [9.17, 15) is 4.79 Å². The van der Waals surface area contributed by atoms with E-state index in [4.69, 9.17) is 4.74 Å². The second kappa shape index (κ2) is 2.32. The Hall–Kier alpha value is -0.370. The number of Topliss-reactive ketones (excluding diaryl/α,β-unsaturated/α-hetero) is 1.